The van der Waals surface area contributed by atoms with Crippen molar-refractivity contribution in [3.8, 4) is 0 Å². The Morgan fingerprint density at radius 3 is 2.90 bits per heavy atom. The number of hydrogen-bond donors (Lipinski definition) is 0. The van der Waals surface area contributed by atoms with Gasteiger partial charge in [0.1, 0.15) is 0 Å². The van der Waals surface area contributed by atoms with Crippen molar-refractivity contribution in [2.75, 3.05) is 0 Å². The zero-order valence-corrected chi connectivity index (χ0v) is 6.33. The summed E-state index contributed by atoms with van der Waals surface area (Å²) in [6.07, 6.45) is 7.79. The van der Waals surface area contributed by atoms with Gasteiger partial charge in [-0.2, -0.15) is 0 Å². The number of aryl methyl sites for hydroxylation is 1. The minimum absolute atomic E-state index is 1.22. The van der Waals surface area contributed by atoms with Crippen molar-refractivity contribution in [2.24, 2.45) is 0 Å². The summed E-state index contributed by atoms with van der Waals surface area (Å²) >= 11 is 0. The molecular formula is C9H11N. The zero-order chi connectivity index (χ0) is 7.40. The molecule has 10 heavy (non-hydrogen) atoms. The highest BCUT2D eigenvalue weighted by Crippen LogP contribution is 2.06. The molecular weight excluding hydrogens is 122 g/mol. The van der Waals surface area contributed by atoms with Crippen LogP contribution in [-0.4, -0.2) is 4.98 Å². The van der Waals surface area contributed by atoms with Crippen LogP contribution in [0.5, 0.6) is 0 Å². The molecule has 0 aliphatic rings. The van der Waals surface area contributed by atoms with E-state index in [1.807, 2.05) is 31.5 Å². The van der Waals surface area contributed by atoms with Crippen molar-refractivity contribution >= 4 is 6.08 Å². The summed E-state index contributed by atoms with van der Waals surface area (Å²) in [4.78, 5) is 3.99. The van der Waals surface area contributed by atoms with Crippen molar-refractivity contribution in [3.05, 3.63) is 35.7 Å². The molecule has 0 aliphatic carbocycles. The SMILES string of the molecule is CC=Cc1ccncc1C. The molecule has 52 valence electrons. The van der Waals surface area contributed by atoms with Gasteiger partial charge >= 0.3 is 0 Å². The average Bonchev–Trinajstić information content (AvgIpc) is 1.94. The van der Waals surface area contributed by atoms with Gasteiger partial charge < -0.3 is 0 Å². The van der Waals surface area contributed by atoms with Gasteiger partial charge in [0, 0.05) is 12.4 Å². The van der Waals surface area contributed by atoms with E-state index in [-0.39, 0.29) is 0 Å². The lowest BCUT2D eigenvalue weighted by atomic mass is 10.1. The van der Waals surface area contributed by atoms with Gasteiger partial charge in [0.25, 0.3) is 0 Å². The molecule has 1 nitrogen and oxygen atoms in total. The van der Waals surface area contributed by atoms with Crippen molar-refractivity contribution < 1.29 is 0 Å². The van der Waals surface area contributed by atoms with Gasteiger partial charge in [0.05, 0.1) is 0 Å². The predicted molar refractivity (Wildman–Crippen MR) is 43.7 cm³/mol. The molecule has 0 N–H and O–H groups in total. The molecule has 0 atom stereocenters. The molecule has 0 fully saturated rings. The first kappa shape index (κ1) is 7.00. The number of hydrogen-bond acceptors (Lipinski definition) is 1. The van der Waals surface area contributed by atoms with Crippen molar-refractivity contribution in [1.29, 1.82) is 0 Å². The molecule has 1 aromatic rings. The van der Waals surface area contributed by atoms with Gasteiger partial charge in [0.2, 0.25) is 0 Å². The van der Waals surface area contributed by atoms with Crippen LogP contribution in [0, 0.1) is 6.92 Å². The third-order valence-electron chi connectivity index (χ3n) is 1.41. The van der Waals surface area contributed by atoms with E-state index in [1.165, 1.54) is 11.1 Å². The number of rotatable bonds is 1. The smallest absolute Gasteiger partial charge is 0.0303 e. The van der Waals surface area contributed by atoms with E-state index in [2.05, 4.69) is 18.0 Å². The Morgan fingerprint density at radius 1 is 1.50 bits per heavy atom. The third kappa shape index (κ3) is 1.44. The van der Waals surface area contributed by atoms with Gasteiger partial charge in [-0.15, -0.1) is 0 Å². The molecule has 1 aromatic heterocycles. The Labute approximate surface area is 61.4 Å². The van der Waals surface area contributed by atoms with Gasteiger partial charge in [-0.1, -0.05) is 12.2 Å². The summed E-state index contributed by atoms with van der Waals surface area (Å²) in [5.74, 6) is 0. The summed E-state index contributed by atoms with van der Waals surface area (Å²) in [6.45, 7) is 4.07. The molecule has 1 rings (SSSR count). The van der Waals surface area contributed by atoms with Gasteiger partial charge in [0.15, 0.2) is 0 Å². The van der Waals surface area contributed by atoms with Crippen molar-refractivity contribution in [2.45, 2.75) is 13.8 Å². The van der Waals surface area contributed by atoms with Gasteiger partial charge in [-0.3, -0.25) is 4.98 Å². The maximum absolute atomic E-state index is 3.99. The molecule has 0 amide bonds. The van der Waals surface area contributed by atoms with Crippen LogP contribution in [0.25, 0.3) is 6.08 Å². The van der Waals surface area contributed by atoms with Crippen LogP contribution in [0.3, 0.4) is 0 Å². The Bertz CT molecular complexity index is 238. The molecule has 1 heterocycles. The topological polar surface area (TPSA) is 12.9 Å². The highest BCUT2D eigenvalue weighted by atomic mass is 14.6. The maximum atomic E-state index is 3.99. The Balaban J connectivity index is 3.03. The second-order valence-electron chi connectivity index (χ2n) is 2.23. The summed E-state index contributed by atoms with van der Waals surface area (Å²) in [5.41, 5.74) is 2.47. The predicted octanol–water partition coefficient (Wildman–Crippen LogP) is 2.42. The monoisotopic (exact) mass is 133 g/mol. The van der Waals surface area contributed by atoms with Crippen LogP contribution in [-0.2, 0) is 0 Å². The fraction of sp³-hybridized carbons (Fsp3) is 0.222. The third-order valence-corrected chi connectivity index (χ3v) is 1.41. The fourth-order valence-corrected chi connectivity index (χ4v) is 0.851. The first-order valence-corrected chi connectivity index (χ1v) is 3.38. The van der Waals surface area contributed by atoms with Gasteiger partial charge in [-0.05, 0) is 31.0 Å². The summed E-state index contributed by atoms with van der Waals surface area (Å²) in [7, 11) is 0. The van der Waals surface area contributed by atoms with Crippen LogP contribution in [0.1, 0.15) is 18.1 Å². The normalized spacial score (nSPS) is 10.6. The van der Waals surface area contributed by atoms with E-state index in [0.717, 1.165) is 0 Å². The van der Waals surface area contributed by atoms with Crippen LogP contribution >= 0.6 is 0 Å². The molecule has 0 aliphatic heterocycles. The summed E-state index contributed by atoms with van der Waals surface area (Å²) in [6, 6.07) is 2.01. The van der Waals surface area contributed by atoms with Crippen LogP contribution in [0.15, 0.2) is 24.5 Å². The number of allylic oxidation sites excluding steroid dienone is 1. The van der Waals surface area contributed by atoms with E-state index in [1.54, 1.807) is 0 Å². The van der Waals surface area contributed by atoms with Crippen LogP contribution in [0.2, 0.25) is 0 Å². The quantitative estimate of drug-likeness (QED) is 0.573. The number of aromatic nitrogens is 1. The summed E-state index contributed by atoms with van der Waals surface area (Å²) in [5, 5.41) is 0. The standard InChI is InChI=1S/C9H11N/c1-3-4-9-5-6-10-7-8(9)2/h3-7H,1-2H3. The summed E-state index contributed by atoms with van der Waals surface area (Å²) < 4.78 is 0. The molecule has 0 spiro atoms. The molecule has 0 unspecified atom stereocenters. The van der Waals surface area contributed by atoms with E-state index in [0.29, 0.717) is 0 Å². The Hall–Kier alpha value is -1.11. The van der Waals surface area contributed by atoms with Crippen molar-refractivity contribution in [3.63, 3.8) is 0 Å². The fourth-order valence-electron chi connectivity index (χ4n) is 0.851. The highest BCUT2D eigenvalue weighted by molar-refractivity contribution is 5.51. The number of pyridine rings is 1. The minimum Gasteiger partial charge on any atom is -0.264 e. The largest absolute Gasteiger partial charge is 0.264 e. The molecule has 0 aromatic carbocycles. The molecule has 0 bridgehead atoms. The maximum Gasteiger partial charge on any atom is 0.0303 e. The zero-order valence-electron chi connectivity index (χ0n) is 6.33. The lowest BCUT2D eigenvalue weighted by Crippen LogP contribution is -1.80. The second-order valence-corrected chi connectivity index (χ2v) is 2.23. The van der Waals surface area contributed by atoms with Crippen LogP contribution < -0.4 is 0 Å². The Morgan fingerprint density at radius 2 is 2.30 bits per heavy atom. The van der Waals surface area contributed by atoms with E-state index in [4.69, 9.17) is 0 Å². The van der Waals surface area contributed by atoms with E-state index < -0.39 is 0 Å². The van der Waals surface area contributed by atoms with Crippen LogP contribution in [0.4, 0.5) is 0 Å². The average molecular weight is 133 g/mol. The lowest BCUT2D eigenvalue weighted by molar-refractivity contribution is 1.26. The first-order valence-electron chi connectivity index (χ1n) is 3.38. The Kier molecular flexibility index (Phi) is 2.21. The molecule has 0 radical (unpaired) electrons. The van der Waals surface area contributed by atoms with Gasteiger partial charge in [-0.25, -0.2) is 0 Å². The van der Waals surface area contributed by atoms with E-state index in [9.17, 15) is 0 Å². The minimum atomic E-state index is 1.22. The molecule has 1 heteroatoms. The molecule has 0 saturated heterocycles. The lowest BCUT2D eigenvalue weighted by Gasteiger charge is -1.95. The highest BCUT2D eigenvalue weighted by Gasteiger charge is 1.88. The first-order chi connectivity index (χ1) is 4.84. The van der Waals surface area contributed by atoms with E-state index >= 15 is 0 Å². The number of nitrogens with zero attached hydrogens (tertiary/aromatic N) is 1. The van der Waals surface area contributed by atoms with Crippen molar-refractivity contribution in [1.82, 2.24) is 4.98 Å². The second kappa shape index (κ2) is 3.16. The molecule has 0 saturated carbocycles.